The number of hydrogen-bond donors (Lipinski definition) is 0. The van der Waals surface area contributed by atoms with Crippen LogP contribution in [0.25, 0.3) is 0 Å². The molecule has 1 unspecified atom stereocenters. The third-order valence-electron chi connectivity index (χ3n) is 8.56. The first-order valence-corrected chi connectivity index (χ1v) is 9.41. The highest BCUT2D eigenvalue weighted by atomic mass is 16.1. The van der Waals surface area contributed by atoms with Crippen LogP contribution in [0.2, 0.25) is 0 Å². The standard InChI is InChI=1S/C20H30O2/c1-12-10-14-15-4-5-18(22)20(15,3)9-7-16(14)19(2)8-6-13(21)11-17(12)19/h12,14-17H,4-11H2,1-3H3/t12?,14-,15-,16-,17+,19+,20-/m0/s1. The maximum atomic E-state index is 12.4. The Hall–Kier alpha value is -0.660. The van der Waals surface area contributed by atoms with Crippen molar-refractivity contribution < 1.29 is 9.59 Å². The zero-order chi connectivity index (χ0) is 15.7. The van der Waals surface area contributed by atoms with Crippen molar-refractivity contribution in [3.8, 4) is 0 Å². The van der Waals surface area contributed by atoms with Crippen LogP contribution in [0.1, 0.15) is 72.1 Å². The van der Waals surface area contributed by atoms with Crippen LogP contribution in [-0.2, 0) is 9.59 Å². The second-order valence-electron chi connectivity index (χ2n) is 9.36. The molecule has 7 atom stereocenters. The molecule has 4 fully saturated rings. The average Bonchev–Trinajstić information content (AvgIpc) is 2.77. The summed E-state index contributed by atoms with van der Waals surface area (Å²) in [6.45, 7) is 7.12. The first-order valence-electron chi connectivity index (χ1n) is 9.41. The summed E-state index contributed by atoms with van der Waals surface area (Å²) in [5, 5.41) is 0. The molecule has 4 saturated carbocycles. The molecular weight excluding hydrogens is 272 g/mol. The molecule has 2 heteroatoms. The van der Waals surface area contributed by atoms with Crippen LogP contribution in [-0.4, -0.2) is 11.6 Å². The minimum atomic E-state index is -0.0193. The van der Waals surface area contributed by atoms with E-state index in [2.05, 4.69) is 20.8 Å². The van der Waals surface area contributed by atoms with Gasteiger partial charge in [-0.15, -0.1) is 0 Å². The van der Waals surface area contributed by atoms with E-state index in [1.54, 1.807) is 0 Å². The van der Waals surface area contributed by atoms with Crippen molar-refractivity contribution in [2.45, 2.75) is 72.1 Å². The van der Waals surface area contributed by atoms with Crippen LogP contribution in [0.5, 0.6) is 0 Å². The van der Waals surface area contributed by atoms with Gasteiger partial charge in [-0.25, -0.2) is 0 Å². The van der Waals surface area contributed by atoms with Crippen LogP contribution in [0, 0.1) is 40.4 Å². The molecule has 4 aliphatic rings. The third-order valence-corrected chi connectivity index (χ3v) is 8.56. The maximum Gasteiger partial charge on any atom is 0.139 e. The fourth-order valence-corrected chi connectivity index (χ4v) is 7.29. The maximum absolute atomic E-state index is 12.4. The lowest BCUT2D eigenvalue weighted by molar-refractivity contribution is -0.151. The Kier molecular flexibility index (Phi) is 3.17. The van der Waals surface area contributed by atoms with E-state index in [4.69, 9.17) is 0 Å². The molecule has 4 aliphatic carbocycles. The second-order valence-corrected chi connectivity index (χ2v) is 9.36. The van der Waals surface area contributed by atoms with Gasteiger partial charge in [0.1, 0.15) is 11.6 Å². The van der Waals surface area contributed by atoms with Gasteiger partial charge in [-0.1, -0.05) is 20.8 Å². The lowest BCUT2D eigenvalue weighted by atomic mass is 9.43. The van der Waals surface area contributed by atoms with Crippen molar-refractivity contribution in [2.24, 2.45) is 40.4 Å². The number of fused-ring (bicyclic) bond motifs is 5. The fourth-order valence-electron chi connectivity index (χ4n) is 7.29. The molecule has 0 bridgehead atoms. The van der Waals surface area contributed by atoms with Gasteiger partial charge >= 0.3 is 0 Å². The molecule has 0 heterocycles. The predicted molar refractivity (Wildman–Crippen MR) is 86.3 cm³/mol. The van der Waals surface area contributed by atoms with Crippen molar-refractivity contribution in [3.05, 3.63) is 0 Å². The molecule has 122 valence electrons. The zero-order valence-electron chi connectivity index (χ0n) is 14.4. The van der Waals surface area contributed by atoms with Crippen molar-refractivity contribution in [2.75, 3.05) is 0 Å². The number of rotatable bonds is 0. The summed E-state index contributed by atoms with van der Waals surface area (Å²) in [5.41, 5.74) is 0.331. The van der Waals surface area contributed by atoms with Gasteiger partial charge in [-0.05, 0) is 67.1 Å². The number of carbonyl (C=O) groups is 2. The van der Waals surface area contributed by atoms with E-state index in [1.807, 2.05) is 0 Å². The van der Waals surface area contributed by atoms with Gasteiger partial charge in [-0.3, -0.25) is 9.59 Å². The molecule has 0 aromatic rings. The van der Waals surface area contributed by atoms with E-state index in [1.165, 1.54) is 12.8 Å². The van der Waals surface area contributed by atoms with Gasteiger partial charge in [-0.2, -0.15) is 0 Å². The smallest absolute Gasteiger partial charge is 0.139 e. The molecule has 22 heavy (non-hydrogen) atoms. The van der Waals surface area contributed by atoms with Crippen LogP contribution in [0.15, 0.2) is 0 Å². The minimum absolute atomic E-state index is 0.0193. The van der Waals surface area contributed by atoms with Crippen LogP contribution >= 0.6 is 0 Å². The van der Waals surface area contributed by atoms with Crippen LogP contribution < -0.4 is 0 Å². The molecule has 0 aromatic heterocycles. The van der Waals surface area contributed by atoms with E-state index in [0.717, 1.165) is 50.4 Å². The molecule has 0 amide bonds. The SMILES string of the molecule is CC1C[C@@H]2[C@H](CC[C@]3(C)C(=O)CC[C@@H]23)[C@@]2(C)CCC(=O)C[C@H]12. The summed E-state index contributed by atoms with van der Waals surface area (Å²) >= 11 is 0. The largest absolute Gasteiger partial charge is 0.300 e. The Morgan fingerprint density at radius 1 is 0.955 bits per heavy atom. The summed E-state index contributed by atoms with van der Waals surface area (Å²) < 4.78 is 0. The van der Waals surface area contributed by atoms with Crippen LogP contribution in [0.4, 0.5) is 0 Å². The lowest BCUT2D eigenvalue weighted by Gasteiger charge is -2.61. The van der Waals surface area contributed by atoms with Crippen molar-refractivity contribution in [1.29, 1.82) is 0 Å². The van der Waals surface area contributed by atoms with Gasteiger partial charge in [0.05, 0.1) is 0 Å². The van der Waals surface area contributed by atoms with Gasteiger partial charge in [0.25, 0.3) is 0 Å². The summed E-state index contributed by atoms with van der Waals surface area (Å²) in [7, 11) is 0. The molecule has 0 aliphatic heterocycles. The quantitative estimate of drug-likeness (QED) is 0.664. The molecule has 0 spiro atoms. The molecule has 0 radical (unpaired) electrons. The third kappa shape index (κ3) is 1.79. The highest BCUT2D eigenvalue weighted by Crippen LogP contribution is 2.66. The molecule has 0 aromatic carbocycles. The van der Waals surface area contributed by atoms with E-state index in [-0.39, 0.29) is 5.41 Å². The second kappa shape index (κ2) is 4.68. The van der Waals surface area contributed by atoms with Crippen molar-refractivity contribution in [3.63, 3.8) is 0 Å². The number of carbonyl (C=O) groups excluding carboxylic acids is 2. The van der Waals surface area contributed by atoms with E-state index < -0.39 is 0 Å². The molecule has 2 nitrogen and oxygen atoms in total. The molecular formula is C20H30O2. The first-order chi connectivity index (χ1) is 10.4. The van der Waals surface area contributed by atoms with Crippen molar-refractivity contribution >= 4 is 11.6 Å². The first kappa shape index (κ1) is 14.9. The molecule has 0 saturated heterocycles. The Morgan fingerprint density at radius 3 is 2.50 bits per heavy atom. The summed E-state index contributed by atoms with van der Waals surface area (Å²) in [4.78, 5) is 24.4. The lowest BCUT2D eigenvalue weighted by Crippen LogP contribution is -2.55. The van der Waals surface area contributed by atoms with Gasteiger partial charge in [0.2, 0.25) is 0 Å². The van der Waals surface area contributed by atoms with E-state index >= 15 is 0 Å². The van der Waals surface area contributed by atoms with E-state index in [0.29, 0.717) is 34.7 Å². The average molecular weight is 302 g/mol. The number of Topliss-reactive ketones (excluding diaryl/α,β-unsaturated/α-hetero) is 2. The number of ketones is 2. The summed E-state index contributed by atoms with van der Waals surface area (Å²) in [5.74, 6) is 4.38. The fraction of sp³-hybridized carbons (Fsp3) is 0.900. The monoisotopic (exact) mass is 302 g/mol. The van der Waals surface area contributed by atoms with Gasteiger partial charge in [0, 0.05) is 24.7 Å². The molecule has 4 rings (SSSR count). The number of hydrogen-bond acceptors (Lipinski definition) is 2. The predicted octanol–water partition coefficient (Wildman–Crippen LogP) is 4.41. The van der Waals surface area contributed by atoms with Crippen LogP contribution in [0.3, 0.4) is 0 Å². The highest BCUT2D eigenvalue weighted by molar-refractivity contribution is 5.87. The van der Waals surface area contributed by atoms with Gasteiger partial charge < -0.3 is 0 Å². The zero-order valence-corrected chi connectivity index (χ0v) is 14.4. The Labute approximate surface area is 134 Å². The minimum Gasteiger partial charge on any atom is -0.300 e. The van der Waals surface area contributed by atoms with Crippen molar-refractivity contribution in [1.82, 2.24) is 0 Å². The Bertz CT molecular complexity index is 524. The normalized spacial score (nSPS) is 54.6. The van der Waals surface area contributed by atoms with Gasteiger partial charge in [0.15, 0.2) is 0 Å². The summed E-state index contributed by atoms with van der Waals surface area (Å²) in [6.07, 6.45) is 8.23. The highest BCUT2D eigenvalue weighted by Gasteiger charge is 2.61. The Morgan fingerprint density at radius 2 is 1.73 bits per heavy atom. The molecule has 0 N–H and O–H groups in total. The topological polar surface area (TPSA) is 34.1 Å². The Balaban J connectivity index is 1.69. The van der Waals surface area contributed by atoms with E-state index in [9.17, 15) is 9.59 Å². The summed E-state index contributed by atoms with van der Waals surface area (Å²) in [6, 6.07) is 0.